The average Bonchev–Trinajstić information content (AvgIpc) is 2.62. The fraction of sp³-hybridized carbons (Fsp3) is 0.400. The van der Waals surface area contributed by atoms with Crippen LogP contribution in [0.25, 0.3) is 11.0 Å². The smallest absolute Gasteiger partial charge is 0.152 e. The summed E-state index contributed by atoms with van der Waals surface area (Å²) in [5.41, 5.74) is 9.26. The first kappa shape index (κ1) is 8.52. The third-order valence-corrected chi connectivity index (χ3v) is 2.97. The highest BCUT2D eigenvalue weighted by Crippen LogP contribution is 2.29. The van der Waals surface area contributed by atoms with Gasteiger partial charge in [0.05, 0.1) is 0 Å². The highest BCUT2D eigenvalue weighted by Gasteiger charge is 2.19. The maximum atomic E-state index is 9.66. The minimum Gasteiger partial charge on any atom is -0.427 e. The van der Waals surface area contributed by atoms with Crippen LogP contribution in [0.15, 0.2) is 6.33 Å². The Morgan fingerprint density at radius 2 is 2.13 bits per heavy atom. The van der Waals surface area contributed by atoms with Gasteiger partial charge < -0.3 is 10.9 Å². The van der Waals surface area contributed by atoms with E-state index in [0.717, 1.165) is 47.2 Å². The maximum Gasteiger partial charge on any atom is 0.152 e. The summed E-state index contributed by atoms with van der Waals surface area (Å²) >= 11 is 0. The van der Waals surface area contributed by atoms with Crippen LogP contribution >= 0.6 is 0 Å². The molecule has 1 aliphatic carbocycles. The highest BCUT2D eigenvalue weighted by atomic mass is 16.5. The largest absolute Gasteiger partial charge is 0.427 e. The molecule has 0 atom stereocenters. The second-order valence-corrected chi connectivity index (χ2v) is 3.92. The highest BCUT2D eigenvalue weighted by molar-refractivity contribution is 5.88. The van der Waals surface area contributed by atoms with Crippen LogP contribution in [0.1, 0.15) is 24.1 Å². The van der Waals surface area contributed by atoms with Crippen molar-refractivity contribution in [2.45, 2.75) is 25.7 Å². The second kappa shape index (κ2) is 2.85. The van der Waals surface area contributed by atoms with Crippen molar-refractivity contribution in [3.8, 4) is 0 Å². The molecule has 0 saturated heterocycles. The zero-order valence-electron chi connectivity index (χ0n) is 8.27. The molecule has 15 heavy (non-hydrogen) atoms. The van der Waals surface area contributed by atoms with Crippen molar-refractivity contribution in [1.82, 2.24) is 14.7 Å². The van der Waals surface area contributed by atoms with E-state index in [1.54, 1.807) is 0 Å². The van der Waals surface area contributed by atoms with Crippen LogP contribution in [0, 0.1) is 0 Å². The molecule has 0 spiro atoms. The molecule has 0 amide bonds. The van der Waals surface area contributed by atoms with Gasteiger partial charge in [-0.2, -0.15) is 4.73 Å². The normalized spacial score (nSPS) is 15.5. The number of nitrogen functional groups attached to an aromatic ring is 1. The minimum absolute atomic E-state index is 0.415. The van der Waals surface area contributed by atoms with Gasteiger partial charge in [0, 0.05) is 11.3 Å². The van der Waals surface area contributed by atoms with Gasteiger partial charge in [0.1, 0.15) is 17.4 Å². The predicted molar refractivity (Wildman–Crippen MR) is 55.8 cm³/mol. The summed E-state index contributed by atoms with van der Waals surface area (Å²) in [7, 11) is 0. The first-order valence-corrected chi connectivity index (χ1v) is 5.11. The third-order valence-electron chi connectivity index (χ3n) is 2.97. The maximum absolute atomic E-state index is 9.66. The molecule has 1 aliphatic rings. The molecular formula is C10H12N4O. The molecule has 0 bridgehead atoms. The van der Waals surface area contributed by atoms with E-state index in [9.17, 15) is 5.21 Å². The molecule has 0 fully saturated rings. The summed E-state index contributed by atoms with van der Waals surface area (Å²) in [6.07, 6.45) is 5.55. The van der Waals surface area contributed by atoms with Crippen molar-refractivity contribution >= 4 is 16.9 Å². The van der Waals surface area contributed by atoms with Crippen molar-refractivity contribution in [3.63, 3.8) is 0 Å². The average molecular weight is 204 g/mol. The van der Waals surface area contributed by atoms with E-state index in [4.69, 9.17) is 5.73 Å². The zero-order chi connectivity index (χ0) is 10.4. The zero-order valence-corrected chi connectivity index (χ0v) is 8.27. The SMILES string of the molecule is Nc1nc2c(c3c1ncn3O)CCCC2. The van der Waals surface area contributed by atoms with Crippen molar-refractivity contribution < 1.29 is 5.21 Å². The van der Waals surface area contributed by atoms with Crippen molar-refractivity contribution in [3.05, 3.63) is 17.6 Å². The number of anilines is 1. The second-order valence-electron chi connectivity index (χ2n) is 3.92. The molecule has 0 aliphatic heterocycles. The number of rotatable bonds is 0. The number of nitrogens with zero attached hydrogens (tertiary/aromatic N) is 3. The summed E-state index contributed by atoms with van der Waals surface area (Å²) in [5, 5.41) is 9.66. The van der Waals surface area contributed by atoms with E-state index in [2.05, 4.69) is 9.97 Å². The summed E-state index contributed by atoms with van der Waals surface area (Å²) < 4.78 is 1.05. The molecule has 78 valence electrons. The molecule has 0 saturated carbocycles. The first-order chi connectivity index (χ1) is 7.27. The Hall–Kier alpha value is -1.78. The van der Waals surface area contributed by atoms with Crippen LogP contribution < -0.4 is 5.73 Å². The molecule has 3 N–H and O–H groups in total. The minimum atomic E-state index is 0.415. The van der Waals surface area contributed by atoms with Crippen molar-refractivity contribution in [2.75, 3.05) is 5.73 Å². The van der Waals surface area contributed by atoms with Crippen LogP contribution in [-0.4, -0.2) is 19.9 Å². The predicted octanol–water partition coefficient (Wildman–Crippen LogP) is 1.13. The Kier molecular flexibility index (Phi) is 1.62. The molecule has 3 rings (SSSR count). The van der Waals surface area contributed by atoms with Gasteiger partial charge >= 0.3 is 0 Å². The molecule has 2 aromatic rings. The number of nitrogens with two attached hydrogens (primary N) is 1. The molecule has 0 aromatic carbocycles. The number of aromatic nitrogens is 3. The molecule has 2 heterocycles. The van der Waals surface area contributed by atoms with Crippen LogP contribution in [0.3, 0.4) is 0 Å². The van der Waals surface area contributed by atoms with Gasteiger partial charge in [0.2, 0.25) is 0 Å². The molecular weight excluding hydrogens is 192 g/mol. The topological polar surface area (TPSA) is 77.0 Å². The van der Waals surface area contributed by atoms with Gasteiger partial charge in [-0.15, -0.1) is 0 Å². The van der Waals surface area contributed by atoms with Crippen LogP contribution in [0.5, 0.6) is 0 Å². The Bertz CT molecular complexity index is 532. The third kappa shape index (κ3) is 1.09. The Labute approximate surface area is 86.5 Å². The van der Waals surface area contributed by atoms with Crippen LogP contribution in [0.4, 0.5) is 5.82 Å². The first-order valence-electron chi connectivity index (χ1n) is 5.11. The Balaban J connectivity index is 2.42. The van der Waals surface area contributed by atoms with Crippen molar-refractivity contribution in [1.29, 1.82) is 0 Å². The van der Waals surface area contributed by atoms with E-state index in [1.165, 1.54) is 6.33 Å². The van der Waals surface area contributed by atoms with Crippen LogP contribution in [0.2, 0.25) is 0 Å². The lowest BCUT2D eigenvalue weighted by atomic mass is 9.95. The van der Waals surface area contributed by atoms with E-state index >= 15 is 0 Å². The number of pyridine rings is 1. The monoisotopic (exact) mass is 204 g/mol. The Morgan fingerprint density at radius 3 is 3.00 bits per heavy atom. The summed E-state index contributed by atoms with van der Waals surface area (Å²) in [4.78, 5) is 8.40. The summed E-state index contributed by atoms with van der Waals surface area (Å²) in [6, 6.07) is 0. The van der Waals surface area contributed by atoms with E-state index in [-0.39, 0.29) is 0 Å². The number of fused-ring (bicyclic) bond motifs is 3. The summed E-state index contributed by atoms with van der Waals surface area (Å²) in [5.74, 6) is 0.415. The van der Waals surface area contributed by atoms with E-state index < -0.39 is 0 Å². The number of aryl methyl sites for hydroxylation is 2. The molecule has 5 nitrogen and oxygen atoms in total. The van der Waals surface area contributed by atoms with E-state index in [1.807, 2.05) is 0 Å². The number of hydrogen-bond acceptors (Lipinski definition) is 4. The molecule has 0 unspecified atom stereocenters. The van der Waals surface area contributed by atoms with Gasteiger partial charge in [-0.1, -0.05) is 0 Å². The van der Waals surface area contributed by atoms with E-state index in [0.29, 0.717) is 11.3 Å². The van der Waals surface area contributed by atoms with Gasteiger partial charge in [-0.25, -0.2) is 9.97 Å². The molecule has 0 radical (unpaired) electrons. The Morgan fingerprint density at radius 1 is 1.33 bits per heavy atom. The fourth-order valence-electron chi connectivity index (χ4n) is 2.27. The number of hydrogen-bond donors (Lipinski definition) is 2. The number of imidazole rings is 1. The van der Waals surface area contributed by atoms with Crippen molar-refractivity contribution in [2.24, 2.45) is 0 Å². The van der Waals surface area contributed by atoms with Crippen LogP contribution in [-0.2, 0) is 12.8 Å². The lowest BCUT2D eigenvalue weighted by Gasteiger charge is -2.16. The quantitative estimate of drug-likeness (QED) is 0.630. The lowest BCUT2D eigenvalue weighted by molar-refractivity contribution is 0.197. The molecule has 5 heteroatoms. The fourth-order valence-corrected chi connectivity index (χ4v) is 2.27. The van der Waals surface area contributed by atoms with Gasteiger partial charge in [-0.05, 0) is 25.7 Å². The van der Waals surface area contributed by atoms with Gasteiger partial charge in [0.25, 0.3) is 0 Å². The van der Waals surface area contributed by atoms with Gasteiger partial charge in [0.15, 0.2) is 5.82 Å². The summed E-state index contributed by atoms with van der Waals surface area (Å²) in [6.45, 7) is 0. The molecule has 2 aromatic heterocycles. The lowest BCUT2D eigenvalue weighted by Crippen LogP contribution is -2.09. The van der Waals surface area contributed by atoms with Gasteiger partial charge in [-0.3, -0.25) is 0 Å². The standard InChI is InChI=1S/C10H12N4O/c11-10-8-9(14(15)5-12-8)6-3-1-2-4-7(6)13-10/h5,15H,1-4H2,(H2,11,13).